The first-order chi connectivity index (χ1) is 20.2. The molecule has 0 bridgehead atoms. The molecule has 0 aliphatic carbocycles. The smallest absolute Gasteiger partial charge is 0.265 e. The molecule has 6 rings (SSSR count). The molecule has 2 aromatic carbocycles. The molecule has 1 aliphatic rings. The Morgan fingerprint density at radius 2 is 1.86 bits per heavy atom. The van der Waals surface area contributed by atoms with Crippen LogP contribution in [-0.2, 0) is 12.1 Å². The summed E-state index contributed by atoms with van der Waals surface area (Å²) in [6.45, 7) is 3.23. The maximum Gasteiger partial charge on any atom is 0.265 e. The minimum absolute atomic E-state index is 0.0480. The predicted octanol–water partition coefficient (Wildman–Crippen LogP) is 3.23. The van der Waals surface area contributed by atoms with Crippen LogP contribution in [0.4, 0.5) is 8.78 Å². The van der Waals surface area contributed by atoms with Gasteiger partial charge in [-0.1, -0.05) is 47.7 Å². The second-order valence-corrected chi connectivity index (χ2v) is 11.2. The van der Waals surface area contributed by atoms with Crippen molar-refractivity contribution < 1.29 is 23.5 Å². The van der Waals surface area contributed by atoms with E-state index in [1.807, 2.05) is 11.0 Å². The van der Waals surface area contributed by atoms with Crippen molar-refractivity contribution in [2.24, 2.45) is 0 Å². The fraction of sp³-hybridized carbons (Fsp3) is 0.276. The lowest BCUT2D eigenvalue weighted by Crippen LogP contribution is -2.58. The monoisotopic (exact) mass is 591 g/mol. The maximum atomic E-state index is 14.9. The van der Waals surface area contributed by atoms with E-state index in [1.165, 1.54) is 40.9 Å². The topological polar surface area (TPSA) is 109 Å². The van der Waals surface area contributed by atoms with Gasteiger partial charge in [-0.2, -0.15) is 5.10 Å². The molecule has 42 heavy (non-hydrogen) atoms. The molecule has 1 fully saturated rings. The van der Waals surface area contributed by atoms with E-state index in [2.05, 4.69) is 15.1 Å². The highest BCUT2D eigenvalue weighted by Gasteiger charge is 2.43. The first kappa shape index (κ1) is 27.8. The highest BCUT2D eigenvalue weighted by molar-refractivity contribution is 7.18. The van der Waals surface area contributed by atoms with Crippen LogP contribution in [0, 0.1) is 11.6 Å². The molecule has 4 heterocycles. The number of aliphatic hydroxyl groups is 1. The summed E-state index contributed by atoms with van der Waals surface area (Å²) < 4.78 is 31.7. The van der Waals surface area contributed by atoms with Gasteiger partial charge in [0.05, 0.1) is 12.7 Å². The standard InChI is InChI=1S/C29H27F2N7O3S/c1-19(29(41,16-37-18-32-17-34-37)22-8-7-21(30)13-23(22)31)35-9-11-36(12-10-35)27(40)25-15-38-24(14-33-28(38)42-25)26(39)20-5-3-2-4-6-20/h2-8,13-15,17-19,41H,9-12,16H2,1H3. The molecule has 1 amide bonds. The molecule has 1 saturated heterocycles. The molecular formula is C29H27F2N7O3S. The number of hydrogen-bond donors (Lipinski definition) is 1. The molecule has 0 saturated carbocycles. The second kappa shape index (κ2) is 11.2. The van der Waals surface area contributed by atoms with Crippen molar-refractivity contribution in [1.29, 1.82) is 0 Å². The number of benzene rings is 2. The first-order valence-corrected chi connectivity index (χ1v) is 14.2. The number of halogens is 2. The molecule has 10 nitrogen and oxygen atoms in total. The highest BCUT2D eigenvalue weighted by atomic mass is 32.1. The molecule has 0 radical (unpaired) electrons. The molecule has 3 aromatic heterocycles. The van der Waals surface area contributed by atoms with Gasteiger partial charge in [-0.25, -0.2) is 23.4 Å². The minimum atomic E-state index is -1.77. The number of rotatable bonds is 8. The van der Waals surface area contributed by atoms with Crippen molar-refractivity contribution in [3.05, 3.63) is 107 Å². The van der Waals surface area contributed by atoms with Crippen LogP contribution in [0.3, 0.4) is 0 Å². The number of piperazine rings is 1. The fourth-order valence-corrected chi connectivity index (χ4v) is 6.33. The lowest BCUT2D eigenvalue weighted by molar-refractivity contribution is -0.0719. The zero-order valence-corrected chi connectivity index (χ0v) is 23.4. The molecular weight excluding hydrogens is 564 g/mol. The summed E-state index contributed by atoms with van der Waals surface area (Å²) in [5.41, 5.74) is -0.899. The van der Waals surface area contributed by atoms with Crippen LogP contribution < -0.4 is 0 Å². The summed E-state index contributed by atoms with van der Waals surface area (Å²) in [5.74, 6) is -1.96. The average molecular weight is 592 g/mol. The average Bonchev–Trinajstić information content (AvgIpc) is 3.75. The van der Waals surface area contributed by atoms with Gasteiger partial charge in [0.25, 0.3) is 5.91 Å². The Labute approximate surface area is 243 Å². The van der Waals surface area contributed by atoms with E-state index in [9.17, 15) is 23.5 Å². The van der Waals surface area contributed by atoms with Crippen molar-refractivity contribution in [1.82, 2.24) is 33.9 Å². The van der Waals surface area contributed by atoms with Crippen molar-refractivity contribution in [3.63, 3.8) is 0 Å². The number of ketones is 1. The molecule has 5 aromatic rings. The van der Waals surface area contributed by atoms with Gasteiger partial charge in [-0.15, -0.1) is 0 Å². The van der Waals surface area contributed by atoms with Crippen LogP contribution in [0.25, 0.3) is 4.96 Å². The van der Waals surface area contributed by atoms with Crippen LogP contribution in [0.1, 0.15) is 38.2 Å². The lowest BCUT2D eigenvalue weighted by atomic mass is 9.85. The van der Waals surface area contributed by atoms with Gasteiger partial charge in [-0.05, 0) is 13.0 Å². The summed E-state index contributed by atoms with van der Waals surface area (Å²) in [6.07, 6.45) is 5.90. The summed E-state index contributed by atoms with van der Waals surface area (Å²) in [4.78, 5) is 39.4. The lowest BCUT2D eigenvalue weighted by Gasteiger charge is -2.44. The number of thiazole rings is 1. The van der Waals surface area contributed by atoms with E-state index in [4.69, 9.17) is 0 Å². The Kier molecular flexibility index (Phi) is 7.39. The van der Waals surface area contributed by atoms with Gasteiger partial charge in [0, 0.05) is 55.6 Å². The summed E-state index contributed by atoms with van der Waals surface area (Å²) >= 11 is 1.21. The van der Waals surface area contributed by atoms with Crippen LogP contribution in [0.5, 0.6) is 0 Å². The third-order valence-electron chi connectivity index (χ3n) is 7.80. The van der Waals surface area contributed by atoms with Crippen LogP contribution in [0.2, 0.25) is 0 Å². The predicted molar refractivity (Wildman–Crippen MR) is 150 cm³/mol. The molecule has 0 spiro atoms. The molecule has 2 atom stereocenters. The van der Waals surface area contributed by atoms with Crippen molar-refractivity contribution >= 4 is 28.0 Å². The largest absolute Gasteiger partial charge is 0.381 e. The van der Waals surface area contributed by atoms with Gasteiger partial charge >= 0.3 is 0 Å². The van der Waals surface area contributed by atoms with Crippen LogP contribution in [0.15, 0.2) is 73.6 Å². The van der Waals surface area contributed by atoms with Gasteiger partial charge in [-0.3, -0.25) is 18.9 Å². The number of amides is 1. The molecule has 13 heteroatoms. The van der Waals surface area contributed by atoms with E-state index in [1.54, 1.807) is 46.7 Å². The van der Waals surface area contributed by atoms with Gasteiger partial charge in [0.1, 0.15) is 40.5 Å². The Bertz CT molecular complexity index is 1730. The normalized spacial score (nSPS) is 16.4. The number of carbonyl (C=O) groups is 2. The zero-order chi connectivity index (χ0) is 29.4. The summed E-state index contributed by atoms with van der Waals surface area (Å²) in [7, 11) is 0. The Morgan fingerprint density at radius 1 is 1.10 bits per heavy atom. The second-order valence-electron chi connectivity index (χ2n) is 10.2. The molecule has 1 N–H and O–H groups in total. The summed E-state index contributed by atoms with van der Waals surface area (Å²) in [5, 5.41) is 16.0. The maximum absolute atomic E-state index is 14.9. The Balaban J connectivity index is 1.18. The van der Waals surface area contributed by atoms with Gasteiger partial charge in [0.2, 0.25) is 5.78 Å². The summed E-state index contributed by atoms with van der Waals surface area (Å²) in [6, 6.07) is 11.4. The van der Waals surface area contributed by atoms with Gasteiger partial charge < -0.3 is 10.0 Å². The third-order valence-corrected chi connectivity index (χ3v) is 8.78. The number of imidazole rings is 1. The van der Waals surface area contributed by atoms with Gasteiger partial charge in [0.15, 0.2) is 4.96 Å². The number of nitrogens with zero attached hydrogens (tertiary/aromatic N) is 7. The zero-order valence-electron chi connectivity index (χ0n) is 22.6. The molecule has 1 aliphatic heterocycles. The third kappa shape index (κ3) is 5.10. The Hall–Kier alpha value is -4.33. The van der Waals surface area contributed by atoms with E-state index in [-0.39, 0.29) is 23.8 Å². The van der Waals surface area contributed by atoms with E-state index in [0.29, 0.717) is 47.3 Å². The number of carbonyl (C=O) groups excluding carboxylic acids is 2. The first-order valence-electron chi connectivity index (χ1n) is 13.3. The molecule has 2 unspecified atom stereocenters. The number of aromatic nitrogens is 5. The quantitative estimate of drug-likeness (QED) is 0.276. The molecule has 216 valence electrons. The van der Waals surface area contributed by atoms with Crippen LogP contribution >= 0.6 is 11.3 Å². The number of fused-ring (bicyclic) bond motifs is 1. The minimum Gasteiger partial charge on any atom is -0.381 e. The highest BCUT2D eigenvalue weighted by Crippen LogP contribution is 2.33. The fourth-order valence-electron chi connectivity index (χ4n) is 5.40. The SMILES string of the molecule is CC(N1CCN(C(=O)c2cn3c(C(=O)c4ccccc4)cnc3s2)CC1)C(O)(Cn1cncn1)c1ccc(F)cc1F. The van der Waals surface area contributed by atoms with Crippen molar-refractivity contribution in [2.75, 3.05) is 26.2 Å². The van der Waals surface area contributed by atoms with E-state index < -0.39 is 23.3 Å². The van der Waals surface area contributed by atoms with Crippen LogP contribution in [-0.4, -0.2) is 83.0 Å². The van der Waals surface area contributed by atoms with E-state index in [0.717, 1.165) is 12.1 Å². The van der Waals surface area contributed by atoms with Crippen molar-refractivity contribution in [3.8, 4) is 0 Å². The number of hydrogen-bond acceptors (Lipinski definition) is 8. The Morgan fingerprint density at radius 3 is 2.55 bits per heavy atom. The van der Waals surface area contributed by atoms with E-state index >= 15 is 0 Å². The van der Waals surface area contributed by atoms with Crippen molar-refractivity contribution in [2.45, 2.75) is 25.1 Å².